The smallest absolute Gasteiger partial charge is 0.316 e. The van der Waals surface area contributed by atoms with Gasteiger partial charge in [-0.3, -0.25) is 24.0 Å². The van der Waals surface area contributed by atoms with Gasteiger partial charge in [0.05, 0.1) is 32.5 Å². The van der Waals surface area contributed by atoms with Crippen LogP contribution in [0, 0.1) is 0 Å². The average molecular weight is 523 g/mol. The number of nitrogens with two attached hydrogens (primary N) is 2. The van der Waals surface area contributed by atoms with Crippen molar-refractivity contribution in [3.8, 4) is 0 Å². The Morgan fingerprint density at radius 2 is 1.50 bits per heavy atom. The number of ether oxygens (including phenoxy) is 2. The number of carbonyl (C=O) groups excluding carboxylic acids is 5. The molecule has 36 heavy (non-hydrogen) atoms. The van der Waals surface area contributed by atoms with E-state index < -0.39 is 79.5 Å². The summed E-state index contributed by atoms with van der Waals surface area (Å²) in [5.74, 6) is -4.47. The summed E-state index contributed by atoms with van der Waals surface area (Å²) in [5, 5.41) is 36.3. The normalized spacial score (nSPS) is 14.0. The Kier molecular flexibility index (Phi) is 16.1. The third-order valence-corrected chi connectivity index (χ3v) is 4.36. The highest BCUT2D eigenvalue weighted by molar-refractivity contribution is 5.90. The summed E-state index contributed by atoms with van der Waals surface area (Å²) in [6.45, 7) is 0.263. The zero-order valence-electron chi connectivity index (χ0n) is 19.7. The maximum Gasteiger partial charge on any atom is 0.316 e. The molecule has 0 aliphatic rings. The van der Waals surface area contributed by atoms with E-state index in [2.05, 4.69) is 21.3 Å². The molecule has 0 saturated heterocycles. The second-order valence-electron chi connectivity index (χ2n) is 7.38. The van der Waals surface area contributed by atoms with Crippen LogP contribution < -0.4 is 32.7 Å². The number of carbonyl (C=O) groups is 6. The maximum absolute atomic E-state index is 12.3. The number of hydrogen-bond donors (Lipinski definition) is 9. The Morgan fingerprint density at radius 1 is 0.889 bits per heavy atom. The van der Waals surface area contributed by atoms with Crippen molar-refractivity contribution in [3.63, 3.8) is 0 Å². The van der Waals surface area contributed by atoms with E-state index in [4.69, 9.17) is 31.2 Å². The number of aliphatic hydroxyl groups is 2. The van der Waals surface area contributed by atoms with Crippen LogP contribution in [0.15, 0.2) is 0 Å². The molecule has 0 rings (SSSR count). The van der Waals surface area contributed by atoms with Gasteiger partial charge in [0.2, 0.25) is 23.6 Å². The monoisotopic (exact) mass is 522 g/mol. The Morgan fingerprint density at radius 3 is 2.03 bits per heavy atom. The summed E-state index contributed by atoms with van der Waals surface area (Å²) in [6, 6.07) is -4.92. The maximum atomic E-state index is 12.3. The van der Waals surface area contributed by atoms with Crippen LogP contribution in [-0.2, 0) is 33.4 Å². The first-order valence-electron chi connectivity index (χ1n) is 10.8. The number of aliphatic hydroxyl groups excluding tert-OH is 2. The Balaban J connectivity index is 4.28. The first-order chi connectivity index (χ1) is 16.9. The molecular formula is C19H34N6O11. The van der Waals surface area contributed by atoms with E-state index in [0.717, 1.165) is 0 Å². The Labute approximate surface area is 206 Å². The van der Waals surface area contributed by atoms with E-state index in [1.54, 1.807) is 0 Å². The predicted molar refractivity (Wildman–Crippen MR) is 120 cm³/mol. The topological polar surface area (TPSA) is 282 Å². The van der Waals surface area contributed by atoms with Gasteiger partial charge in [0.15, 0.2) is 0 Å². The van der Waals surface area contributed by atoms with Crippen molar-refractivity contribution < 1.29 is 53.6 Å². The zero-order chi connectivity index (χ0) is 27.7. The third-order valence-electron chi connectivity index (χ3n) is 4.36. The van der Waals surface area contributed by atoms with Crippen molar-refractivity contribution in [3.05, 3.63) is 0 Å². The van der Waals surface area contributed by atoms with E-state index in [-0.39, 0.29) is 32.8 Å². The molecule has 0 aliphatic carbocycles. The molecule has 4 unspecified atom stereocenters. The highest BCUT2D eigenvalue weighted by Crippen LogP contribution is 1.99. The molecule has 0 saturated carbocycles. The number of hydrogen-bond acceptors (Lipinski definition) is 10. The molecule has 0 aromatic carbocycles. The van der Waals surface area contributed by atoms with Crippen molar-refractivity contribution >= 4 is 35.6 Å². The molecule has 0 aromatic rings. The first-order valence-corrected chi connectivity index (χ1v) is 10.8. The lowest BCUT2D eigenvalue weighted by Crippen LogP contribution is -2.57. The molecule has 0 spiro atoms. The lowest BCUT2D eigenvalue weighted by atomic mass is 10.1. The lowest BCUT2D eigenvalue weighted by Gasteiger charge is -2.22. The molecule has 17 nitrogen and oxygen atoms in total. The van der Waals surface area contributed by atoms with Gasteiger partial charge in [-0.15, -0.1) is 0 Å². The van der Waals surface area contributed by atoms with E-state index in [1.165, 1.54) is 6.92 Å². The van der Waals surface area contributed by atoms with E-state index in [1.807, 2.05) is 0 Å². The lowest BCUT2D eigenvalue weighted by molar-refractivity contribution is -0.137. The number of carboxylic acids is 1. The number of amides is 6. The zero-order valence-corrected chi connectivity index (χ0v) is 19.7. The standard InChI is InChI=1S/C19H34N6O11/c1-10(27)15(25-19(34)24-11(16(20)31)2-3-14(29)30)18(33)22-4-5-35-6-7-36-9-13(28)23-12(8-26)17(21)32/h10-12,15,26-27H,2-9H2,1H3,(H2,20,31)(H2,21,32)(H,22,33)(H,23,28)(H,29,30)(H2,24,25,34). The molecule has 0 bridgehead atoms. The van der Waals surface area contributed by atoms with Gasteiger partial charge < -0.3 is 57.5 Å². The predicted octanol–water partition coefficient (Wildman–Crippen LogP) is -5.13. The molecule has 17 heteroatoms. The fourth-order valence-electron chi connectivity index (χ4n) is 2.48. The molecule has 206 valence electrons. The van der Waals surface area contributed by atoms with Crippen LogP contribution in [0.1, 0.15) is 19.8 Å². The molecule has 0 fully saturated rings. The highest BCUT2D eigenvalue weighted by Gasteiger charge is 2.27. The van der Waals surface area contributed by atoms with E-state index in [9.17, 15) is 33.9 Å². The van der Waals surface area contributed by atoms with Crippen LogP contribution in [0.4, 0.5) is 4.79 Å². The average Bonchev–Trinajstić information content (AvgIpc) is 2.79. The van der Waals surface area contributed by atoms with Gasteiger partial charge >= 0.3 is 12.0 Å². The van der Waals surface area contributed by atoms with E-state index >= 15 is 0 Å². The van der Waals surface area contributed by atoms with E-state index in [0.29, 0.717) is 0 Å². The molecule has 6 amide bonds. The molecule has 4 atom stereocenters. The first kappa shape index (κ1) is 32.5. The van der Waals surface area contributed by atoms with Crippen molar-refractivity contribution in [1.82, 2.24) is 21.3 Å². The van der Waals surface area contributed by atoms with Crippen molar-refractivity contribution in [1.29, 1.82) is 0 Å². The van der Waals surface area contributed by atoms with Crippen LogP contribution in [-0.4, -0.2) is 115 Å². The Hall–Kier alpha value is -3.54. The van der Waals surface area contributed by atoms with Gasteiger partial charge in [-0.05, 0) is 13.3 Å². The van der Waals surface area contributed by atoms with Gasteiger partial charge in [-0.2, -0.15) is 0 Å². The summed E-state index contributed by atoms with van der Waals surface area (Å²) >= 11 is 0. The summed E-state index contributed by atoms with van der Waals surface area (Å²) in [5.41, 5.74) is 10.1. The fraction of sp³-hybridized carbons (Fsp3) is 0.684. The highest BCUT2D eigenvalue weighted by atomic mass is 16.5. The van der Waals surface area contributed by atoms with Crippen molar-refractivity contribution in [2.75, 3.05) is 39.6 Å². The second kappa shape index (κ2) is 17.8. The third kappa shape index (κ3) is 14.7. The number of aliphatic carboxylic acids is 1. The van der Waals surface area contributed by atoms with Crippen LogP contribution in [0.3, 0.4) is 0 Å². The van der Waals surface area contributed by atoms with Crippen LogP contribution in [0.2, 0.25) is 0 Å². The molecule has 0 heterocycles. The van der Waals surface area contributed by atoms with Gasteiger partial charge in [-0.1, -0.05) is 0 Å². The van der Waals surface area contributed by atoms with Gasteiger partial charge in [0.25, 0.3) is 0 Å². The number of rotatable bonds is 19. The molecular weight excluding hydrogens is 488 g/mol. The minimum atomic E-state index is -1.40. The number of urea groups is 1. The van der Waals surface area contributed by atoms with Gasteiger partial charge in [0.1, 0.15) is 24.7 Å². The minimum Gasteiger partial charge on any atom is -0.481 e. The molecule has 0 aromatic heterocycles. The summed E-state index contributed by atoms with van der Waals surface area (Å²) < 4.78 is 10.2. The largest absolute Gasteiger partial charge is 0.481 e. The van der Waals surface area contributed by atoms with Crippen molar-refractivity contribution in [2.45, 2.75) is 44.0 Å². The fourth-order valence-corrected chi connectivity index (χ4v) is 2.48. The molecule has 0 aliphatic heterocycles. The Bertz CT molecular complexity index is 764. The minimum absolute atomic E-state index is 0.00264. The van der Waals surface area contributed by atoms with Crippen LogP contribution >= 0.6 is 0 Å². The molecule has 11 N–H and O–H groups in total. The summed E-state index contributed by atoms with van der Waals surface area (Å²) in [7, 11) is 0. The number of carboxylic acid groups (broad SMARTS) is 1. The number of primary amides is 2. The van der Waals surface area contributed by atoms with Gasteiger partial charge in [0, 0.05) is 13.0 Å². The quantitative estimate of drug-likeness (QED) is 0.0723. The second-order valence-corrected chi connectivity index (χ2v) is 7.38. The summed E-state index contributed by atoms with van der Waals surface area (Å²) in [4.78, 5) is 68.8. The SMILES string of the molecule is CC(O)C(NC(=O)NC(CCC(=O)O)C(N)=O)C(=O)NCCOCCOCC(=O)NC(CO)C(N)=O. The van der Waals surface area contributed by atoms with Crippen LogP contribution in [0.25, 0.3) is 0 Å². The number of nitrogens with one attached hydrogen (secondary N) is 4. The molecule has 0 radical (unpaired) electrons. The van der Waals surface area contributed by atoms with Crippen LogP contribution in [0.5, 0.6) is 0 Å². The summed E-state index contributed by atoms with van der Waals surface area (Å²) in [6.07, 6.45) is -2.00. The van der Waals surface area contributed by atoms with Crippen molar-refractivity contribution in [2.24, 2.45) is 11.5 Å². The van der Waals surface area contributed by atoms with Gasteiger partial charge in [-0.25, -0.2) is 4.79 Å².